The van der Waals surface area contributed by atoms with E-state index < -0.39 is 0 Å². The largest absolute Gasteiger partial charge is 0.492 e. The van der Waals surface area contributed by atoms with Gasteiger partial charge in [-0.1, -0.05) is 6.07 Å². The minimum atomic E-state index is -0.0840. The third kappa shape index (κ3) is 5.04. The lowest BCUT2D eigenvalue weighted by molar-refractivity contribution is 0.256. The number of rotatable bonds is 8. The van der Waals surface area contributed by atoms with Crippen molar-refractivity contribution in [2.24, 2.45) is 7.05 Å². The first kappa shape index (κ1) is 20.2. The number of ether oxygens (including phenoxy) is 1. The first-order valence-corrected chi connectivity index (χ1v) is 10.1. The Kier molecular flexibility index (Phi) is 6.92. The van der Waals surface area contributed by atoms with Crippen LogP contribution >= 0.6 is 0 Å². The standard InChI is InChI=1S/C21H31N5O2/c1-4-28-20-16-17(2)6-7-19(20)26-14-12-25(13-15-26)11-5-9-22-18-8-10-23-24(3)21(18)27/h6-8,10,16,22H,4-5,9,11-15H2,1-3H3. The highest BCUT2D eigenvalue weighted by Crippen LogP contribution is 2.30. The molecule has 1 saturated heterocycles. The molecule has 1 aliphatic heterocycles. The van der Waals surface area contributed by atoms with Gasteiger partial charge in [-0.3, -0.25) is 9.69 Å². The predicted molar refractivity (Wildman–Crippen MR) is 114 cm³/mol. The van der Waals surface area contributed by atoms with Crippen LogP contribution in [0.5, 0.6) is 5.75 Å². The average molecular weight is 386 g/mol. The Balaban J connectivity index is 1.45. The molecular weight excluding hydrogens is 354 g/mol. The van der Waals surface area contributed by atoms with Crippen LogP contribution in [0.4, 0.5) is 11.4 Å². The summed E-state index contributed by atoms with van der Waals surface area (Å²) >= 11 is 0. The molecular formula is C21H31N5O2. The summed E-state index contributed by atoms with van der Waals surface area (Å²) in [6.45, 7) is 10.7. The molecule has 2 heterocycles. The van der Waals surface area contributed by atoms with E-state index in [1.807, 2.05) is 6.92 Å². The number of benzene rings is 1. The molecule has 3 rings (SSSR count). The molecule has 152 valence electrons. The smallest absolute Gasteiger partial charge is 0.289 e. The predicted octanol–water partition coefficient (Wildman–Crippen LogP) is 2.11. The van der Waals surface area contributed by atoms with Crippen LogP contribution in [0.1, 0.15) is 18.9 Å². The van der Waals surface area contributed by atoms with Crippen molar-refractivity contribution in [2.45, 2.75) is 20.3 Å². The van der Waals surface area contributed by atoms with Crippen LogP contribution in [0.3, 0.4) is 0 Å². The van der Waals surface area contributed by atoms with Crippen molar-refractivity contribution in [2.75, 3.05) is 56.1 Å². The van der Waals surface area contributed by atoms with E-state index in [2.05, 4.69) is 45.3 Å². The first-order chi connectivity index (χ1) is 13.6. The molecule has 0 spiro atoms. The van der Waals surface area contributed by atoms with Crippen molar-refractivity contribution in [3.63, 3.8) is 0 Å². The monoisotopic (exact) mass is 385 g/mol. The number of nitrogens with zero attached hydrogens (tertiary/aromatic N) is 4. The van der Waals surface area contributed by atoms with E-state index in [0.29, 0.717) is 12.3 Å². The Morgan fingerprint density at radius 3 is 2.71 bits per heavy atom. The summed E-state index contributed by atoms with van der Waals surface area (Å²) < 4.78 is 7.19. The van der Waals surface area contributed by atoms with Crippen molar-refractivity contribution in [1.82, 2.24) is 14.7 Å². The SMILES string of the molecule is CCOc1cc(C)ccc1N1CCN(CCCNc2ccnn(C)c2=O)CC1. The maximum Gasteiger partial charge on any atom is 0.289 e. The number of hydrogen-bond acceptors (Lipinski definition) is 6. The molecule has 1 N–H and O–H groups in total. The zero-order chi connectivity index (χ0) is 19.9. The third-order valence-electron chi connectivity index (χ3n) is 5.10. The molecule has 7 heteroatoms. The van der Waals surface area contributed by atoms with Crippen molar-refractivity contribution in [1.29, 1.82) is 0 Å². The van der Waals surface area contributed by atoms with E-state index in [1.54, 1.807) is 19.3 Å². The highest BCUT2D eigenvalue weighted by atomic mass is 16.5. The molecule has 7 nitrogen and oxygen atoms in total. The number of piperazine rings is 1. The van der Waals surface area contributed by atoms with Gasteiger partial charge in [0.15, 0.2) is 0 Å². The van der Waals surface area contributed by atoms with Gasteiger partial charge in [-0.15, -0.1) is 0 Å². The van der Waals surface area contributed by atoms with E-state index in [0.717, 1.165) is 51.4 Å². The van der Waals surface area contributed by atoms with Crippen molar-refractivity contribution in [3.8, 4) is 5.75 Å². The molecule has 1 aromatic heterocycles. The van der Waals surface area contributed by atoms with Gasteiger partial charge >= 0.3 is 0 Å². The second kappa shape index (κ2) is 9.59. The van der Waals surface area contributed by atoms with Crippen LogP contribution < -0.4 is 20.5 Å². The summed E-state index contributed by atoms with van der Waals surface area (Å²) in [5.41, 5.74) is 2.95. The number of aromatic nitrogens is 2. The number of nitrogens with one attached hydrogen (secondary N) is 1. The van der Waals surface area contributed by atoms with Gasteiger partial charge in [-0.2, -0.15) is 5.10 Å². The van der Waals surface area contributed by atoms with E-state index in [-0.39, 0.29) is 5.56 Å². The lowest BCUT2D eigenvalue weighted by atomic mass is 10.1. The number of hydrogen-bond donors (Lipinski definition) is 1. The Labute approximate surface area is 166 Å². The van der Waals surface area contributed by atoms with E-state index >= 15 is 0 Å². The number of aryl methyl sites for hydroxylation is 2. The second-order valence-corrected chi connectivity index (χ2v) is 7.19. The summed E-state index contributed by atoms with van der Waals surface area (Å²) in [6, 6.07) is 8.19. The fourth-order valence-electron chi connectivity index (χ4n) is 3.53. The summed E-state index contributed by atoms with van der Waals surface area (Å²) in [6.07, 6.45) is 2.64. The molecule has 2 aromatic rings. The highest BCUT2D eigenvalue weighted by molar-refractivity contribution is 5.60. The van der Waals surface area contributed by atoms with Gasteiger partial charge in [-0.25, -0.2) is 4.68 Å². The van der Waals surface area contributed by atoms with Crippen molar-refractivity contribution < 1.29 is 4.74 Å². The van der Waals surface area contributed by atoms with Gasteiger partial charge in [0, 0.05) is 46.0 Å². The Bertz CT molecular complexity index is 828. The average Bonchev–Trinajstić information content (AvgIpc) is 2.69. The Hall–Kier alpha value is -2.54. The minimum Gasteiger partial charge on any atom is -0.492 e. The van der Waals surface area contributed by atoms with Crippen LogP contribution in [-0.4, -0.2) is 60.6 Å². The molecule has 1 fully saturated rings. The molecule has 28 heavy (non-hydrogen) atoms. The minimum absolute atomic E-state index is 0.0840. The van der Waals surface area contributed by atoms with E-state index in [1.165, 1.54) is 15.9 Å². The third-order valence-corrected chi connectivity index (χ3v) is 5.10. The quantitative estimate of drug-likeness (QED) is 0.703. The molecule has 0 aliphatic carbocycles. The lowest BCUT2D eigenvalue weighted by Crippen LogP contribution is -2.47. The number of anilines is 2. The van der Waals surface area contributed by atoms with Crippen LogP contribution in [0.15, 0.2) is 35.3 Å². The van der Waals surface area contributed by atoms with Crippen LogP contribution in [0, 0.1) is 6.92 Å². The zero-order valence-electron chi connectivity index (χ0n) is 17.1. The lowest BCUT2D eigenvalue weighted by Gasteiger charge is -2.36. The Morgan fingerprint density at radius 2 is 1.96 bits per heavy atom. The summed E-state index contributed by atoms with van der Waals surface area (Å²) in [5, 5.41) is 7.17. The maximum absolute atomic E-state index is 11.9. The summed E-state index contributed by atoms with van der Waals surface area (Å²) in [4.78, 5) is 16.8. The van der Waals surface area contributed by atoms with E-state index in [9.17, 15) is 4.79 Å². The summed E-state index contributed by atoms with van der Waals surface area (Å²) in [5.74, 6) is 0.985. The Morgan fingerprint density at radius 1 is 1.18 bits per heavy atom. The molecule has 1 aromatic carbocycles. The fourth-order valence-corrected chi connectivity index (χ4v) is 3.53. The van der Waals surface area contributed by atoms with Crippen LogP contribution in [-0.2, 0) is 7.05 Å². The van der Waals surface area contributed by atoms with Crippen LogP contribution in [0.2, 0.25) is 0 Å². The topological polar surface area (TPSA) is 62.6 Å². The van der Waals surface area contributed by atoms with Gasteiger partial charge in [0.05, 0.1) is 12.3 Å². The molecule has 0 unspecified atom stereocenters. The van der Waals surface area contributed by atoms with Gasteiger partial charge in [0.25, 0.3) is 5.56 Å². The zero-order valence-corrected chi connectivity index (χ0v) is 17.1. The van der Waals surface area contributed by atoms with Crippen molar-refractivity contribution >= 4 is 11.4 Å². The molecule has 0 bridgehead atoms. The van der Waals surface area contributed by atoms with Crippen molar-refractivity contribution in [3.05, 3.63) is 46.4 Å². The second-order valence-electron chi connectivity index (χ2n) is 7.19. The van der Waals surface area contributed by atoms with Gasteiger partial charge in [-0.05, 0) is 50.6 Å². The molecule has 1 aliphatic rings. The molecule has 0 amide bonds. The maximum atomic E-state index is 11.9. The fraction of sp³-hybridized carbons (Fsp3) is 0.524. The normalized spacial score (nSPS) is 14.9. The molecule has 0 atom stereocenters. The molecule has 0 radical (unpaired) electrons. The van der Waals surface area contributed by atoms with Gasteiger partial charge in [0.2, 0.25) is 0 Å². The summed E-state index contributed by atoms with van der Waals surface area (Å²) in [7, 11) is 1.66. The van der Waals surface area contributed by atoms with Crippen LogP contribution in [0.25, 0.3) is 0 Å². The highest BCUT2D eigenvalue weighted by Gasteiger charge is 2.19. The van der Waals surface area contributed by atoms with E-state index in [4.69, 9.17) is 4.74 Å². The van der Waals surface area contributed by atoms with Gasteiger partial charge < -0.3 is 15.0 Å². The van der Waals surface area contributed by atoms with Gasteiger partial charge in [0.1, 0.15) is 11.4 Å². The molecule has 0 saturated carbocycles. The first-order valence-electron chi connectivity index (χ1n) is 10.1.